The minimum absolute atomic E-state index is 0.0528. The molecule has 176 valence electrons. The summed E-state index contributed by atoms with van der Waals surface area (Å²) in [5.74, 6) is 0.846. The molecule has 3 aliphatic heterocycles. The Bertz CT molecular complexity index is 1010. The Morgan fingerprint density at radius 3 is 2.67 bits per heavy atom. The number of likely N-dealkylation sites (tertiary alicyclic amines) is 1. The average molecular weight is 490 g/mol. The number of nitrogens with one attached hydrogen (secondary N) is 1. The third kappa shape index (κ3) is 5.06. The number of aromatic nitrogens is 1. The van der Waals surface area contributed by atoms with Crippen molar-refractivity contribution in [1.29, 1.82) is 0 Å². The Labute approximate surface area is 204 Å². The van der Waals surface area contributed by atoms with Crippen LogP contribution >= 0.6 is 23.2 Å². The molecular weight excluding hydrogens is 461 g/mol. The average Bonchev–Trinajstić information content (AvgIpc) is 2.86. The van der Waals surface area contributed by atoms with Gasteiger partial charge in [-0.25, -0.2) is 4.98 Å². The second-order valence-corrected chi connectivity index (χ2v) is 9.69. The molecule has 0 atom stereocenters. The first-order valence-electron chi connectivity index (χ1n) is 11.6. The summed E-state index contributed by atoms with van der Waals surface area (Å²) in [5, 5.41) is 4.68. The molecule has 0 bridgehead atoms. The number of halogens is 2. The number of piperidine rings is 1. The number of fused-ring (bicyclic) bond motifs is 1. The molecule has 2 fully saturated rings. The van der Waals surface area contributed by atoms with Crippen molar-refractivity contribution in [2.45, 2.75) is 25.4 Å². The molecule has 0 unspecified atom stereocenters. The zero-order valence-corrected chi connectivity index (χ0v) is 20.1. The van der Waals surface area contributed by atoms with Crippen molar-refractivity contribution in [2.24, 2.45) is 0 Å². The van der Waals surface area contributed by atoms with Crippen molar-refractivity contribution < 1.29 is 9.53 Å². The van der Waals surface area contributed by atoms with Crippen LogP contribution in [0.5, 0.6) is 0 Å². The number of nitrogens with zero attached hydrogens (tertiary/aromatic N) is 4. The highest BCUT2D eigenvalue weighted by molar-refractivity contribution is 6.33. The number of hydrogen-bond acceptors (Lipinski definition) is 6. The van der Waals surface area contributed by atoms with Crippen LogP contribution in [-0.2, 0) is 11.3 Å². The standard InChI is InChI=1S/C24H29Cl2N5O2/c25-19-1-2-21(26)18(13-19)16-31-8-5-27-23-22(31)14-17(15-28-23)24(32)30-6-3-20(4-7-30)29-9-11-33-12-10-29/h1-2,13-15,20H,3-12,16H2,(H,27,28). The summed E-state index contributed by atoms with van der Waals surface area (Å²) in [6.07, 6.45) is 3.70. The first-order valence-corrected chi connectivity index (χ1v) is 12.4. The molecule has 0 spiro atoms. The zero-order valence-electron chi connectivity index (χ0n) is 18.6. The maximum absolute atomic E-state index is 13.3. The van der Waals surface area contributed by atoms with E-state index in [2.05, 4.69) is 20.1 Å². The summed E-state index contributed by atoms with van der Waals surface area (Å²) in [6, 6.07) is 8.01. The van der Waals surface area contributed by atoms with Gasteiger partial charge in [0.05, 0.1) is 24.5 Å². The largest absolute Gasteiger partial charge is 0.379 e. The fraction of sp³-hybridized carbons (Fsp3) is 0.500. The van der Waals surface area contributed by atoms with Gasteiger partial charge in [0, 0.05) is 68.1 Å². The van der Waals surface area contributed by atoms with E-state index in [4.69, 9.17) is 27.9 Å². The van der Waals surface area contributed by atoms with E-state index in [0.29, 0.717) is 28.2 Å². The summed E-state index contributed by atoms with van der Waals surface area (Å²) in [7, 11) is 0. The lowest BCUT2D eigenvalue weighted by Crippen LogP contribution is -2.50. The molecule has 2 aromatic rings. The van der Waals surface area contributed by atoms with Crippen LogP contribution in [0.1, 0.15) is 28.8 Å². The number of carbonyl (C=O) groups excluding carboxylic acids is 1. The van der Waals surface area contributed by atoms with Crippen LogP contribution in [0.3, 0.4) is 0 Å². The van der Waals surface area contributed by atoms with Gasteiger partial charge in [0.15, 0.2) is 0 Å². The van der Waals surface area contributed by atoms with Crippen LogP contribution in [0.4, 0.5) is 11.5 Å². The number of morpholine rings is 1. The fourth-order valence-corrected chi connectivity index (χ4v) is 5.34. The maximum atomic E-state index is 13.3. The van der Waals surface area contributed by atoms with Gasteiger partial charge in [-0.1, -0.05) is 23.2 Å². The number of benzene rings is 1. The third-order valence-corrected chi connectivity index (χ3v) is 7.42. The van der Waals surface area contributed by atoms with Crippen molar-refractivity contribution in [1.82, 2.24) is 14.8 Å². The van der Waals surface area contributed by atoms with E-state index >= 15 is 0 Å². The molecule has 1 amide bonds. The quantitative estimate of drug-likeness (QED) is 0.705. The Hall–Kier alpha value is -2.06. The van der Waals surface area contributed by atoms with Crippen LogP contribution in [0, 0.1) is 0 Å². The van der Waals surface area contributed by atoms with E-state index in [1.54, 1.807) is 12.3 Å². The minimum Gasteiger partial charge on any atom is -0.379 e. The van der Waals surface area contributed by atoms with Crippen LogP contribution in [0.2, 0.25) is 10.0 Å². The van der Waals surface area contributed by atoms with Gasteiger partial charge in [-0.05, 0) is 42.7 Å². The smallest absolute Gasteiger partial charge is 0.255 e. The lowest BCUT2D eigenvalue weighted by atomic mass is 10.0. The molecule has 0 saturated carbocycles. The summed E-state index contributed by atoms with van der Waals surface area (Å²) < 4.78 is 5.48. The predicted molar refractivity (Wildman–Crippen MR) is 132 cm³/mol. The summed E-state index contributed by atoms with van der Waals surface area (Å²) in [4.78, 5) is 24.6. The van der Waals surface area contributed by atoms with E-state index in [0.717, 1.165) is 82.4 Å². The number of anilines is 2. The molecule has 9 heteroatoms. The van der Waals surface area contributed by atoms with Crippen molar-refractivity contribution in [3.05, 3.63) is 51.6 Å². The number of ether oxygens (including phenoxy) is 1. The van der Waals surface area contributed by atoms with Gasteiger partial charge in [0.2, 0.25) is 0 Å². The van der Waals surface area contributed by atoms with Gasteiger partial charge < -0.3 is 19.9 Å². The molecule has 0 radical (unpaired) electrons. The van der Waals surface area contributed by atoms with E-state index in [9.17, 15) is 4.79 Å². The van der Waals surface area contributed by atoms with Crippen LogP contribution < -0.4 is 10.2 Å². The van der Waals surface area contributed by atoms with E-state index in [-0.39, 0.29) is 5.91 Å². The number of amides is 1. The Kier molecular flexibility index (Phi) is 6.92. The highest BCUT2D eigenvalue weighted by atomic mass is 35.5. The molecule has 4 heterocycles. The number of carbonyl (C=O) groups is 1. The van der Waals surface area contributed by atoms with Gasteiger partial charge in [-0.3, -0.25) is 9.69 Å². The molecule has 1 aromatic carbocycles. The van der Waals surface area contributed by atoms with Gasteiger partial charge in [-0.15, -0.1) is 0 Å². The zero-order chi connectivity index (χ0) is 22.8. The second kappa shape index (κ2) is 10.1. The molecule has 33 heavy (non-hydrogen) atoms. The molecule has 5 rings (SSSR count). The first-order chi connectivity index (χ1) is 16.1. The molecule has 1 N–H and O–H groups in total. The van der Waals surface area contributed by atoms with Crippen LogP contribution in [0.25, 0.3) is 0 Å². The van der Waals surface area contributed by atoms with Gasteiger partial charge in [-0.2, -0.15) is 0 Å². The Morgan fingerprint density at radius 2 is 1.88 bits per heavy atom. The molecule has 2 saturated heterocycles. The number of hydrogen-bond donors (Lipinski definition) is 1. The highest BCUT2D eigenvalue weighted by Crippen LogP contribution is 2.32. The molecule has 1 aromatic heterocycles. The molecule has 3 aliphatic rings. The lowest BCUT2D eigenvalue weighted by Gasteiger charge is -2.40. The minimum atomic E-state index is 0.0528. The van der Waals surface area contributed by atoms with E-state index < -0.39 is 0 Å². The molecule has 7 nitrogen and oxygen atoms in total. The molecule has 0 aliphatic carbocycles. The summed E-state index contributed by atoms with van der Waals surface area (Å²) >= 11 is 12.6. The van der Waals surface area contributed by atoms with Gasteiger partial charge >= 0.3 is 0 Å². The third-order valence-electron chi connectivity index (χ3n) is 6.81. The molecular formula is C24H29Cl2N5O2. The maximum Gasteiger partial charge on any atom is 0.255 e. The summed E-state index contributed by atoms with van der Waals surface area (Å²) in [6.45, 7) is 7.34. The Morgan fingerprint density at radius 1 is 1.09 bits per heavy atom. The topological polar surface area (TPSA) is 60.9 Å². The number of rotatable bonds is 4. The van der Waals surface area contributed by atoms with E-state index in [1.165, 1.54) is 0 Å². The predicted octanol–water partition coefficient (Wildman–Crippen LogP) is 3.76. The van der Waals surface area contributed by atoms with Crippen molar-refractivity contribution >= 4 is 40.6 Å². The first kappa shape index (κ1) is 22.7. The normalized spacial score (nSPS) is 19.8. The SMILES string of the molecule is O=C(c1cnc2c(c1)N(Cc1cc(Cl)ccc1Cl)CCN2)N1CCC(N2CCOCC2)CC1. The van der Waals surface area contributed by atoms with E-state index in [1.807, 2.05) is 23.1 Å². The van der Waals surface area contributed by atoms with Crippen molar-refractivity contribution in [3.63, 3.8) is 0 Å². The number of pyridine rings is 1. The monoisotopic (exact) mass is 489 g/mol. The Balaban J connectivity index is 1.28. The van der Waals surface area contributed by atoms with Crippen LogP contribution in [0.15, 0.2) is 30.5 Å². The van der Waals surface area contributed by atoms with Gasteiger partial charge in [0.25, 0.3) is 5.91 Å². The summed E-state index contributed by atoms with van der Waals surface area (Å²) in [5.41, 5.74) is 2.51. The fourth-order valence-electron chi connectivity index (χ4n) is 4.97. The van der Waals surface area contributed by atoms with Crippen molar-refractivity contribution in [2.75, 3.05) is 62.7 Å². The van der Waals surface area contributed by atoms with Gasteiger partial charge in [0.1, 0.15) is 5.82 Å². The lowest BCUT2D eigenvalue weighted by molar-refractivity contribution is 0.00158. The highest BCUT2D eigenvalue weighted by Gasteiger charge is 2.29. The van der Waals surface area contributed by atoms with Crippen molar-refractivity contribution in [3.8, 4) is 0 Å². The second-order valence-electron chi connectivity index (χ2n) is 8.85. The van der Waals surface area contributed by atoms with Crippen LogP contribution in [-0.4, -0.2) is 79.2 Å².